The molecule has 0 saturated carbocycles. The number of carbonyl (C=O) groups is 1. The van der Waals surface area contributed by atoms with Gasteiger partial charge in [0.05, 0.1) is 5.52 Å². The highest BCUT2D eigenvalue weighted by molar-refractivity contribution is 5.99. The van der Waals surface area contributed by atoms with E-state index in [1.165, 1.54) is 0 Å². The van der Waals surface area contributed by atoms with Crippen molar-refractivity contribution in [3.8, 4) is 0 Å². The van der Waals surface area contributed by atoms with Gasteiger partial charge in [-0.05, 0) is 31.9 Å². The van der Waals surface area contributed by atoms with E-state index in [4.69, 9.17) is 4.52 Å². The molecule has 124 valence electrons. The first-order chi connectivity index (χ1) is 11.6. The average Bonchev–Trinajstić information content (AvgIpc) is 3.19. The number of aryl methyl sites for hydroxylation is 2. The minimum atomic E-state index is -0.0308. The minimum Gasteiger partial charge on any atom is -0.340 e. The van der Waals surface area contributed by atoms with Crippen LogP contribution in [0.3, 0.4) is 0 Å². The van der Waals surface area contributed by atoms with Crippen LogP contribution in [0.4, 0.5) is 0 Å². The molecule has 3 aromatic rings. The van der Waals surface area contributed by atoms with Gasteiger partial charge in [0.2, 0.25) is 5.89 Å². The number of fused-ring (bicyclic) bond motifs is 1. The van der Waals surface area contributed by atoms with Crippen LogP contribution in [0.2, 0.25) is 0 Å². The molecule has 0 radical (unpaired) electrons. The fourth-order valence-corrected chi connectivity index (χ4v) is 3.35. The maximum absolute atomic E-state index is 13.0. The van der Waals surface area contributed by atoms with Gasteiger partial charge in [-0.3, -0.25) is 4.79 Å². The Morgan fingerprint density at radius 2 is 2.17 bits per heavy atom. The second kappa shape index (κ2) is 5.74. The van der Waals surface area contributed by atoms with Crippen LogP contribution in [-0.4, -0.2) is 43.4 Å². The number of rotatable bonds is 2. The van der Waals surface area contributed by atoms with Crippen LogP contribution in [0, 0.1) is 13.8 Å². The van der Waals surface area contributed by atoms with Crippen molar-refractivity contribution in [3.63, 3.8) is 0 Å². The summed E-state index contributed by atoms with van der Waals surface area (Å²) in [6.45, 7) is 5.02. The lowest BCUT2D eigenvalue weighted by molar-refractivity contribution is 0.0700. The number of nitrogens with zero attached hydrogens (tertiary/aromatic N) is 5. The van der Waals surface area contributed by atoms with Crippen molar-refractivity contribution in [2.45, 2.75) is 32.6 Å². The molecule has 0 aromatic carbocycles. The number of likely N-dealkylation sites (tertiary alicyclic amines) is 1. The summed E-state index contributed by atoms with van der Waals surface area (Å²) in [7, 11) is 0. The quantitative estimate of drug-likeness (QED) is 0.723. The average molecular weight is 325 g/mol. The molecule has 1 amide bonds. The molecule has 4 rings (SSSR count). The molecule has 0 unspecified atom stereocenters. The SMILES string of the molecule is Cc1nc([C@@H]2CCCN(C(=O)c3nc(C)n4ccccc34)C2)no1. The van der Waals surface area contributed by atoms with E-state index >= 15 is 0 Å². The Kier molecular flexibility index (Phi) is 3.55. The van der Waals surface area contributed by atoms with Gasteiger partial charge in [0.1, 0.15) is 5.82 Å². The van der Waals surface area contributed by atoms with Gasteiger partial charge in [0, 0.05) is 32.1 Å². The monoisotopic (exact) mass is 325 g/mol. The molecule has 1 aliphatic rings. The third-order valence-corrected chi connectivity index (χ3v) is 4.54. The second-order valence-corrected chi connectivity index (χ2v) is 6.23. The topological polar surface area (TPSA) is 76.5 Å². The van der Waals surface area contributed by atoms with Crippen molar-refractivity contribution in [1.29, 1.82) is 0 Å². The van der Waals surface area contributed by atoms with Gasteiger partial charge in [-0.2, -0.15) is 4.98 Å². The molecule has 1 aliphatic heterocycles. The maximum atomic E-state index is 13.0. The highest BCUT2D eigenvalue weighted by Gasteiger charge is 2.30. The van der Waals surface area contributed by atoms with E-state index in [0.29, 0.717) is 24.0 Å². The van der Waals surface area contributed by atoms with Gasteiger partial charge in [0.25, 0.3) is 5.91 Å². The Morgan fingerprint density at radius 3 is 2.96 bits per heavy atom. The summed E-state index contributed by atoms with van der Waals surface area (Å²) in [6.07, 6.45) is 3.82. The largest absolute Gasteiger partial charge is 0.340 e. The molecule has 0 N–H and O–H groups in total. The van der Waals surface area contributed by atoms with E-state index in [1.807, 2.05) is 40.6 Å². The summed E-state index contributed by atoms with van der Waals surface area (Å²) < 4.78 is 7.02. The van der Waals surface area contributed by atoms with E-state index in [0.717, 1.165) is 30.7 Å². The molecule has 4 heterocycles. The summed E-state index contributed by atoms with van der Waals surface area (Å²) in [5.41, 5.74) is 1.36. The number of imidazole rings is 1. The van der Waals surface area contributed by atoms with Crippen molar-refractivity contribution in [2.75, 3.05) is 13.1 Å². The van der Waals surface area contributed by atoms with Gasteiger partial charge >= 0.3 is 0 Å². The van der Waals surface area contributed by atoms with Gasteiger partial charge in [-0.25, -0.2) is 4.98 Å². The lowest BCUT2D eigenvalue weighted by Gasteiger charge is -2.30. The number of piperidine rings is 1. The number of hydrogen-bond donors (Lipinski definition) is 0. The zero-order valence-electron chi connectivity index (χ0n) is 13.8. The van der Waals surface area contributed by atoms with Crippen LogP contribution < -0.4 is 0 Å². The number of pyridine rings is 1. The van der Waals surface area contributed by atoms with E-state index in [2.05, 4.69) is 15.1 Å². The van der Waals surface area contributed by atoms with Crippen molar-refractivity contribution in [3.05, 3.63) is 47.6 Å². The lowest BCUT2D eigenvalue weighted by atomic mass is 9.97. The lowest BCUT2D eigenvalue weighted by Crippen LogP contribution is -2.39. The fourth-order valence-electron chi connectivity index (χ4n) is 3.35. The first kappa shape index (κ1) is 14.9. The van der Waals surface area contributed by atoms with Crippen LogP contribution in [0.15, 0.2) is 28.9 Å². The molecule has 0 aliphatic carbocycles. The summed E-state index contributed by atoms with van der Waals surface area (Å²) in [5, 5.41) is 4.02. The molecule has 1 atom stereocenters. The molecule has 1 fully saturated rings. The smallest absolute Gasteiger partial charge is 0.274 e. The third-order valence-electron chi connectivity index (χ3n) is 4.54. The molecule has 7 heteroatoms. The molecular formula is C17H19N5O2. The number of hydrogen-bond acceptors (Lipinski definition) is 5. The predicted molar refractivity (Wildman–Crippen MR) is 86.8 cm³/mol. The minimum absolute atomic E-state index is 0.0308. The van der Waals surface area contributed by atoms with Crippen molar-refractivity contribution in [1.82, 2.24) is 24.4 Å². The molecule has 0 bridgehead atoms. The zero-order chi connectivity index (χ0) is 16.7. The van der Waals surface area contributed by atoms with E-state index < -0.39 is 0 Å². The van der Waals surface area contributed by atoms with Crippen LogP contribution in [0.5, 0.6) is 0 Å². The Hall–Kier alpha value is -2.70. The highest BCUT2D eigenvalue weighted by Crippen LogP contribution is 2.26. The zero-order valence-corrected chi connectivity index (χ0v) is 13.8. The fraction of sp³-hybridized carbons (Fsp3) is 0.412. The van der Waals surface area contributed by atoms with E-state index in [-0.39, 0.29) is 11.8 Å². The standard InChI is InChI=1S/C17H19N5O2/c1-11-18-15(14-7-3-4-9-22(11)14)17(23)21-8-5-6-13(10-21)16-19-12(2)24-20-16/h3-4,7,9,13H,5-6,8,10H2,1-2H3/t13-/m1/s1. The molecule has 0 spiro atoms. The highest BCUT2D eigenvalue weighted by atomic mass is 16.5. The van der Waals surface area contributed by atoms with Crippen LogP contribution >= 0.6 is 0 Å². The summed E-state index contributed by atoms with van der Waals surface area (Å²) >= 11 is 0. The van der Waals surface area contributed by atoms with Crippen LogP contribution in [0.1, 0.15) is 46.8 Å². The number of carbonyl (C=O) groups excluding carboxylic acids is 1. The molecule has 7 nitrogen and oxygen atoms in total. The summed E-state index contributed by atoms with van der Waals surface area (Å²) in [6, 6.07) is 5.79. The van der Waals surface area contributed by atoms with Gasteiger partial charge in [0.15, 0.2) is 11.5 Å². The second-order valence-electron chi connectivity index (χ2n) is 6.23. The number of amides is 1. The van der Waals surface area contributed by atoms with Gasteiger partial charge < -0.3 is 13.8 Å². The Bertz CT molecular complexity index is 897. The maximum Gasteiger partial charge on any atom is 0.274 e. The van der Waals surface area contributed by atoms with Gasteiger partial charge in [-0.15, -0.1) is 0 Å². The third kappa shape index (κ3) is 2.46. The number of aromatic nitrogens is 4. The Balaban J connectivity index is 1.61. The molecule has 24 heavy (non-hydrogen) atoms. The summed E-state index contributed by atoms with van der Waals surface area (Å²) in [4.78, 5) is 23.7. The normalized spacial score (nSPS) is 18.2. The first-order valence-electron chi connectivity index (χ1n) is 8.16. The molecular weight excluding hydrogens is 306 g/mol. The van der Waals surface area contributed by atoms with Crippen LogP contribution in [0.25, 0.3) is 5.52 Å². The van der Waals surface area contributed by atoms with Crippen molar-refractivity contribution >= 4 is 11.4 Å². The van der Waals surface area contributed by atoms with E-state index in [1.54, 1.807) is 6.92 Å². The van der Waals surface area contributed by atoms with Crippen LogP contribution in [-0.2, 0) is 0 Å². The Labute approximate surface area is 139 Å². The van der Waals surface area contributed by atoms with E-state index in [9.17, 15) is 4.79 Å². The van der Waals surface area contributed by atoms with Crippen molar-refractivity contribution < 1.29 is 9.32 Å². The first-order valence-corrected chi connectivity index (χ1v) is 8.16. The molecule has 1 saturated heterocycles. The molecule has 3 aromatic heterocycles. The predicted octanol–water partition coefficient (Wildman–Crippen LogP) is 2.35. The Morgan fingerprint density at radius 1 is 1.29 bits per heavy atom. The van der Waals surface area contributed by atoms with Crippen molar-refractivity contribution in [2.24, 2.45) is 0 Å². The summed E-state index contributed by atoms with van der Waals surface area (Å²) in [5.74, 6) is 2.16. The van der Waals surface area contributed by atoms with Gasteiger partial charge in [-0.1, -0.05) is 11.2 Å².